The maximum atomic E-state index is 11.6. The highest BCUT2D eigenvalue weighted by molar-refractivity contribution is 8.76. The van der Waals surface area contributed by atoms with Crippen LogP contribution in [0, 0.1) is 0 Å². The van der Waals surface area contributed by atoms with E-state index >= 15 is 0 Å². The summed E-state index contributed by atoms with van der Waals surface area (Å²) >= 11 is 0. The minimum absolute atomic E-state index is 0.0930. The summed E-state index contributed by atoms with van der Waals surface area (Å²) < 4.78 is 0. The normalized spacial score (nSPS) is 13.0. The molecule has 23 heavy (non-hydrogen) atoms. The van der Waals surface area contributed by atoms with E-state index in [0.717, 1.165) is 28.0 Å². The Bertz CT molecular complexity index is 433. The molecule has 0 rings (SSSR count). The van der Waals surface area contributed by atoms with Gasteiger partial charge in [-0.15, -0.1) is 0 Å². The van der Waals surface area contributed by atoms with Crippen molar-refractivity contribution in [3.05, 3.63) is 0 Å². The topological polar surface area (TPSA) is 133 Å². The highest BCUT2D eigenvalue weighted by Gasteiger charge is 2.22. The molecule has 0 aromatic heterocycles. The summed E-state index contributed by atoms with van der Waals surface area (Å²) in [7, 11) is 2.26. The molecule has 0 aliphatic carbocycles. The van der Waals surface area contributed by atoms with Crippen LogP contribution in [0.5, 0.6) is 0 Å². The Morgan fingerprint density at radius 2 is 1.43 bits per heavy atom. The second-order valence-corrected chi connectivity index (χ2v) is 7.27. The molecular weight excluding hydrogens is 344 g/mol. The standard InChI is InChI=1S/C13H22N2O6S2/c1-3-4-5-11(17)15-10(13(20)21)7-23-22-6-9(12(18)19)14-8(2)16/h9-10H,3-7H2,1-2H3,(H,14,16)(H,15,17)(H,18,19)(H,20,21)/t9-,10-/m0/s1. The molecule has 2 amide bonds. The number of carbonyl (C=O) groups is 4. The Labute approximate surface area is 142 Å². The number of carboxylic acid groups (broad SMARTS) is 2. The van der Waals surface area contributed by atoms with Crippen LogP contribution in [0.4, 0.5) is 0 Å². The van der Waals surface area contributed by atoms with E-state index in [-0.39, 0.29) is 23.8 Å². The zero-order valence-corrected chi connectivity index (χ0v) is 14.7. The molecule has 0 aliphatic heterocycles. The highest BCUT2D eigenvalue weighted by atomic mass is 33.1. The van der Waals surface area contributed by atoms with Gasteiger partial charge in [-0.25, -0.2) is 9.59 Å². The Hall–Kier alpha value is -1.42. The fraction of sp³-hybridized carbons (Fsp3) is 0.692. The van der Waals surface area contributed by atoms with E-state index < -0.39 is 29.9 Å². The number of hydrogen-bond donors (Lipinski definition) is 4. The molecule has 4 N–H and O–H groups in total. The summed E-state index contributed by atoms with van der Waals surface area (Å²) in [5.41, 5.74) is 0. The van der Waals surface area contributed by atoms with Crippen molar-refractivity contribution in [3.8, 4) is 0 Å². The summed E-state index contributed by atoms with van der Waals surface area (Å²) in [4.78, 5) is 44.5. The fourth-order valence-electron chi connectivity index (χ4n) is 1.43. The largest absolute Gasteiger partial charge is 0.480 e. The van der Waals surface area contributed by atoms with Gasteiger partial charge in [0.05, 0.1) is 0 Å². The van der Waals surface area contributed by atoms with Gasteiger partial charge in [0.2, 0.25) is 11.8 Å². The van der Waals surface area contributed by atoms with Crippen molar-refractivity contribution < 1.29 is 29.4 Å². The number of carboxylic acids is 2. The monoisotopic (exact) mass is 366 g/mol. The zero-order valence-electron chi connectivity index (χ0n) is 13.0. The van der Waals surface area contributed by atoms with Gasteiger partial charge in [-0.3, -0.25) is 9.59 Å². The van der Waals surface area contributed by atoms with Crippen LogP contribution in [0.1, 0.15) is 33.1 Å². The van der Waals surface area contributed by atoms with E-state index in [9.17, 15) is 19.2 Å². The Balaban J connectivity index is 4.22. The molecule has 10 heteroatoms. The molecule has 2 atom stereocenters. The molecule has 0 aliphatic rings. The van der Waals surface area contributed by atoms with Gasteiger partial charge < -0.3 is 20.8 Å². The molecule has 0 saturated heterocycles. The molecule has 0 radical (unpaired) electrons. The lowest BCUT2D eigenvalue weighted by atomic mass is 10.2. The van der Waals surface area contributed by atoms with Crippen molar-refractivity contribution in [1.82, 2.24) is 10.6 Å². The lowest BCUT2D eigenvalue weighted by Crippen LogP contribution is -2.42. The first kappa shape index (κ1) is 21.6. The average molecular weight is 366 g/mol. The number of aliphatic carboxylic acids is 2. The van der Waals surface area contributed by atoms with Crippen molar-refractivity contribution in [2.24, 2.45) is 0 Å². The maximum absolute atomic E-state index is 11.6. The second kappa shape index (κ2) is 12.1. The van der Waals surface area contributed by atoms with E-state index in [1.54, 1.807) is 0 Å². The van der Waals surface area contributed by atoms with Crippen molar-refractivity contribution in [2.45, 2.75) is 45.2 Å². The van der Waals surface area contributed by atoms with Gasteiger partial charge in [0, 0.05) is 24.9 Å². The van der Waals surface area contributed by atoms with E-state index in [0.29, 0.717) is 6.42 Å². The van der Waals surface area contributed by atoms with Crippen molar-refractivity contribution >= 4 is 45.3 Å². The molecule has 0 fully saturated rings. The first-order valence-corrected chi connectivity index (χ1v) is 9.53. The second-order valence-electron chi connectivity index (χ2n) is 4.72. The van der Waals surface area contributed by atoms with Crippen molar-refractivity contribution in [3.63, 3.8) is 0 Å². The van der Waals surface area contributed by atoms with Crippen molar-refractivity contribution in [2.75, 3.05) is 11.5 Å². The van der Waals surface area contributed by atoms with Gasteiger partial charge >= 0.3 is 11.9 Å². The quantitative estimate of drug-likeness (QED) is 0.293. The maximum Gasteiger partial charge on any atom is 0.327 e. The first-order chi connectivity index (χ1) is 10.8. The third-order valence-corrected chi connectivity index (χ3v) is 5.04. The SMILES string of the molecule is CCCCC(=O)N[C@@H](CSSC[C@H](NC(C)=O)C(=O)O)C(=O)O. The van der Waals surface area contributed by atoms with E-state index in [4.69, 9.17) is 10.2 Å². The van der Waals surface area contributed by atoms with Gasteiger partial charge in [0.15, 0.2) is 0 Å². The van der Waals surface area contributed by atoms with Crippen LogP contribution < -0.4 is 10.6 Å². The predicted octanol–water partition coefficient (Wildman–Crippen LogP) is 0.717. The average Bonchev–Trinajstić information content (AvgIpc) is 2.45. The molecule has 132 valence electrons. The van der Waals surface area contributed by atoms with Gasteiger partial charge in [0.1, 0.15) is 12.1 Å². The summed E-state index contributed by atoms with van der Waals surface area (Å²) in [5, 5.41) is 22.7. The number of hydrogen-bond acceptors (Lipinski definition) is 6. The van der Waals surface area contributed by atoms with Crippen molar-refractivity contribution in [1.29, 1.82) is 0 Å². The first-order valence-electron chi connectivity index (χ1n) is 7.04. The lowest BCUT2D eigenvalue weighted by Gasteiger charge is -2.15. The van der Waals surface area contributed by atoms with Crippen LogP contribution in [-0.2, 0) is 19.2 Å². The third-order valence-electron chi connectivity index (χ3n) is 2.62. The highest BCUT2D eigenvalue weighted by Crippen LogP contribution is 2.23. The summed E-state index contributed by atoms with van der Waals surface area (Å²) in [5.74, 6) is -2.86. The van der Waals surface area contributed by atoms with Crippen LogP contribution in [0.3, 0.4) is 0 Å². The molecule has 0 aromatic carbocycles. The van der Waals surface area contributed by atoms with Crippen LogP contribution >= 0.6 is 21.6 Å². The smallest absolute Gasteiger partial charge is 0.327 e. The molecule has 0 spiro atoms. The number of nitrogens with one attached hydrogen (secondary N) is 2. The third kappa shape index (κ3) is 10.9. The number of amides is 2. The molecule has 0 unspecified atom stereocenters. The van der Waals surface area contributed by atoms with Gasteiger partial charge in [-0.2, -0.15) is 0 Å². The number of rotatable bonds is 12. The van der Waals surface area contributed by atoms with E-state index in [2.05, 4.69) is 10.6 Å². The minimum Gasteiger partial charge on any atom is -0.480 e. The molecular formula is C13H22N2O6S2. The molecule has 0 heterocycles. The molecule has 0 bridgehead atoms. The summed E-state index contributed by atoms with van der Waals surface area (Å²) in [6, 6.07) is -2.06. The van der Waals surface area contributed by atoms with Gasteiger partial charge in [0.25, 0.3) is 0 Å². The van der Waals surface area contributed by atoms with E-state index in [1.807, 2.05) is 6.92 Å². The van der Waals surface area contributed by atoms with Crippen LogP contribution in [-0.4, -0.2) is 57.6 Å². The summed E-state index contributed by atoms with van der Waals surface area (Å²) in [6.45, 7) is 3.16. The minimum atomic E-state index is -1.16. The number of carbonyl (C=O) groups excluding carboxylic acids is 2. The predicted molar refractivity (Wildman–Crippen MR) is 89.2 cm³/mol. The van der Waals surface area contributed by atoms with Crippen LogP contribution in [0.2, 0.25) is 0 Å². The molecule has 0 saturated carbocycles. The van der Waals surface area contributed by atoms with Gasteiger partial charge in [-0.1, -0.05) is 34.9 Å². The van der Waals surface area contributed by atoms with Crippen LogP contribution in [0.15, 0.2) is 0 Å². The summed E-state index contributed by atoms with van der Waals surface area (Å²) in [6.07, 6.45) is 1.81. The Morgan fingerprint density at radius 1 is 0.957 bits per heavy atom. The van der Waals surface area contributed by atoms with Crippen LogP contribution in [0.25, 0.3) is 0 Å². The zero-order chi connectivity index (χ0) is 17.8. The molecule has 8 nitrogen and oxygen atoms in total. The lowest BCUT2D eigenvalue weighted by molar-refractivity contribution is -0.141. The fourth-order valence-corrected chi connectivity index (χ4v) is 3.74. The Morgan fingerprint density at radius 3 is 1.83 bits per heavy atom. The number of unbranched alkanes of at least 4 members (excludes halogenated alkanes) is 1. The molecule has 0 aromatic rings. The van der Waals surface area contributed by atoms with E-state index in [1.165, 1.54) is 6.92 Å². The Kier molecular flexibility index (Phi) is 11.3. The van der Waals surface area contributed by atoms with Gasteiger partial charge in [-0.05, 0) is 6.42 Å².